The molecule has 206 valence electrons. The minimum absolute atomic E-state index is 0.0487. The molecule has 9 N–H and O–H groups in total. The number of rotatable bonds is 11. The average Bonchev–Trinajstić information content (AvgIpc) is 3.43. The molecular formula is C17H23N11O8S2. The predicted octanol–water partition coefficient (Wildman–Crippen LogP) is -3.13. The summed E-state index contributed by atoms with van der Waals surface area (Å²) < 4.78 is 34.6. The van der Waals surface area contributed by atoms with E-state index in [9.17, 15) is 32.5 Å². The van der Waals surface area contributed by atoms with E-state index in [0.717, 1.165) is 17.7 Å². The lowest BCUT2D eigenvalue weighted by molar-refractivity contribution is -0.161. The summed E-state index contributed by atoms with van der Waals surface area (Å²) in [5.74, 6) is -3.69. The summed E-state index contributed by atoms with van der Waals surface area (Å²) in [6.45, 7) is 1.86. The van der Waals surface area contributed by atoms with Crippen LogP contribution in [-0.2, 0) is 42.6 Å². The molecule has 19 nitrogen and oxygen atoms in total. The van der Waals surface area contributed by atoms with Crippen LogP contribution in [0.25, 0.3) is 0 Å². The molecule has 0 bridgehead atoms. The van der Waals surface area contributed by atoms with Gasteiger partial charge in [-0.3, -0.25) is 14.1 Å². The van der Waals surface area contributed by atoms with Gasteiger partial charge in [0.2, 0.25) is 5.60 Å². The van der Waals surface area contributed by atoms with Gasteiger partial charge in [0.25, 0.3) is 11.8 Å². The van der Waals surface area contributed by atoms with E-state index in [4.69, 9.17) is 22.0 Å². The second-order valence-corrected chi connectivity index (χ2v) is 10.3. The molecule has 2 aromatic rings. The van der Waals surface area contributed by atoms with E-state index in [1.807, 2.05) is 0 Å². The smallest absolute Gasteiger partial charge is 0.362 e. The number of oxime groups is 1. The maximum absolute atomic E-state index is 13.1. The van der Waals surface area contributed by atoms with Gasteiger partial charge >= 0.3 is 16.3 Å². The number of aliphatic imine (C=N–C) groups is 1. The molecule has 1 aliphatic rings. The number of hydrogen-bond donors (Lipinski definition) is 6. The SMILES string of the molecule is CC(C)(ON=C(C(=O)N[C@@H]1C(=O)N(S(=O)(=O)O)[C@H]1Cn1ncnc1CN=C(N)N)c1csc(N)n1)C(=O)O. The van der Waals surface area contributed by atoms with Gasteiger partial charge in [-0.1, -0.05) is 5.16 Å². The number of carbonyl (C=O) groups excluding carboxylic acids is 2. The third-order valence-corrected chi connectivity index (χ3v) is 6.64. The number of carbonyl (C=O) groups is 3. The average molecular weight is 574 g/mol. The molecule has 3 rings (SSSR count). The normalized spacial score (nSPS) is 18.0. The number of aliphatic carboxylic acids is 1. The van der Waals surface area contributed by atoms with Crippen LogP contribution in [0.5, 0.6) is 0 Å². The monoisotopic (exact) mass is 573 g/mol. The van der Waals surface area contributed by atoms with Crippen LogP contribution in [0, 0.1) is 0 Å². The maximum atomic E-state index is 13.1. The zero-order valence-electron chi connectivity index (χ0n) is 19.7. The van der Waals surface area contributed by atoms with E-state index < -0.39 is 51.5 Å². The number of carboxylic acid groups (broad SMARTS) is 1. The van der Waals surface area contributed by atoms with Crippen LogP contribution in [0.15, 0.2) is 21.9 Å². The molecular weight excluding hydrogens is 550 g/mol. The lowest BCUT2D eigenvalue weighted by Gasteiger charge is -2.44. The van der Waals surface area contributed by atoms with E-state index in [2.05, 4.69) is 30.5 Å². The van der Waals surface area contributed by atoms with Crippen LogP contribution >= 0.6 is 11.3 Å². The van der Waals surface area contributed by atoms with E-state index >= 15 is 0 Å². The third-order valence-electron chi connectivity index (χ3n) is 5.02. The van der Waals surface area contributed by atoms with Crippen molar-refractivity contribution in [2.24, 2.45) is 21.6 Å². The zero-order valence-corrected chi connectivity index (χ0v) is 21.4. The van der Waals surface area contributed by atoms with Crippen molar-refractivity contribution < 1.29 is 37.3 Å². The second kappa shape index (κ2) is 10.5. The van der Waals surface area contributed by atoms with Crippen molar-refractivity contribution in [3.05, 3.63) is 23.2 Å². The number of guanidine groups is 1. The fraction of sp³-hybridized carbons (Fsp3) is 0.412. The highest BCUT2D eigenvalue weighted by Gasteiger charge is 2.54. The molecule has 1 aliphatic heterocycles. The van der Waals surface area contributed by atoms with Gasteiger partial charge in [0.05, 0.1) is 12.6 Å². The molecule has 0 radical (unpaired) electrons. The Morgan fingerprint density at radius 3 is 2.58 bits per heavy atom. The van der Waals surface area contributed by atoms with Crippen LogP contribution in [0.4, 0.5) is 5.13 Å². The summed E-state index contributed by atoms with van der Waals surface area (Å²) in [6.07, 6.45) is 1.13. The van der Waals surface area contributed by atoms with Crippen LogP contribution in [0.3, 0.4) is 0 Å². The Morgan fingerprint density at radius 1 is 1.34 bits per heavy atom. The fourth-order valence-electron chi connectivity index (χ4n) is 3.05. The summed E-state index contributed by atoms with van der Waals surface area (Å²) in [4.78, 5) is 53.8. The highest BCUT2D eigenvalue weighted by molar-refractivity contribution is 7.84. The van der Waals surface area contributed by atoms with Gasteiger partial charge < -0.3 is 32.5 Å². The second-order valence-electron chi connectivity index (χ2n) is 8.15. The molecule has 2 aromatic heterocycles. The third kappa shape index (κ3) is 6.12. The highest BCUT2D eigenvalue weighted by atomic mass is 32.2. The number of thiazole rings is 1. The summed E-state index contributed by atoms with van der Waals surface area (Å²) in [6, 6.07) is -2.86. The van der Waals surface area contributed by atoms with Crippen molar-refractivity contribution in [2.75, 3.05) is 5.73 Å². The molecule has 0 unspecified atom stereocenters. The Morgan fingerprint density at radius 2 is 2.03 bits per heavy atom. The van der Waals surface area contributed by atoms with E-state index in [-0.39, 0.29) is 40.0 Å². The van der Waals surface area contributed by atoms with E-state index in [1.165, 1.54) is 23.9 Å². The van der Waals surface area contributed by atoms with Crippen LogP contribution < -0.4 is 22.5 Å². The molecule has 0 aliphatic carbocycles. The quantitative estimate of drug-likeness (QED) is 0.0509. The molecule has 38 heavy (non-hydrogen) atoms. The zero-order chi connectivity index (χ0) is 28.4. The standard InChI is InChI=1S/C17H23N11O8S2/c1-17(2,14(31)32)36-26-10(7-5-37-16(20)24-7)12(29)25-11-8(28(13(11)30)38(33,34)35)4-27-9(22-6-23-27)3-21-15(18)19/h5-6,8,11H,3-4H2,1-2H3,(H2,20,24)(H,25,29)(H,31,32)(H4,18,19,21)(H,33,34,35)/t8-,11-/m0/s1. The van der Waals surface area contributed by atoms with Gasteiger partial charge in [0.1, 0.15) is 30.4 Å². The summed E-state index contributed by atoms with van der Waals surface area (Å²) in [7, 11) is -5.03. The Kier molecular flexibility index (Phi) is 7.83. The predicted molar refractivity (Wildman–Crippen MR) is 130 cm³/mol. The lowest BCUT2D eigenvalue weighted by Crippen LogP contribution is -2.73. The van der Waals surface area contributed by atoms with Crippen molar-refractivity contribution in [2.45, 2.75) is 44.6 Å². The number of nitrogen functional groups attached to an aromatic ring is 1. The molecule has 1 fully saturated rings. The molecule has 1 saturated heterocycles. The van der Waals surface area contributed by atoms with Crippen molar-refractivity contribution in [3.8, 4) is 0 Å². The number of amides is 2. The number of β-lactam (4-membered cyclic amide) rings is 1. The molecule has 0 aromatic carbocycles. The number of nitrogens with zero attached hydrogens (tertiary/aromatic N) is 7. The lowest BCUT2D eigenvalue weighted by atomic mass is 9.98. The van der Waals surface area contributed by atoms with Gasteiger partial charge in [-0.25, -0.2) is 28.7 Å². The summed E-state index contributed by atoms with van der Waals surface area (Å²) in [5.41, 5.74) is 13.7. The van der Waals surface area contributed by atoms with Crippen molar-refractivity contribution in [3.63, 3.8) is 0 Å². The van der Waals surface area contributed by atoms with Gasteiger partial charge in [-0.05, 0) is 13.8 Å². The molecule has 0 spiro atoms. The van der Waals surface area contributed by atoms with Gasteiger partial charge in [-0.15, -0.1) is 11.3 Å². The summed E-state index contributed by atoms with van der Waals surface area (Å²) >= 11 is 0.944. The number of aromatic nitrogens is 4. The van der Waals surface area contributed by atoms with Crippen molar-refractivity contribution in [1.82, 2.24) is 29.4 Å². The van der Waals surface area contributed by atoms with Crippen LogP contribution in [0.1, 0.15) is 25.4 Å². The molecule has 21 heteroatoms. The largest absolute Gasteiger partial charge is 0.478 e. The van der Waals surface area contributed by atoms with E-state index in [0.29, 0.717) is 0 Å². The first kappa shape index (κ1) is 28.2. The van der Waals surface area contributed by atoms with E-state index in [1.54, 1.807) is 0 Å². The van der Waals surface area contributed by atoms with Crippen LogP contribution in [0.2, 0.25) is 0 Å². The first-order chi connectivity index (χ1) is 17.6. The summed E-state index contributed by atoms with van der Waals surface area (Å²) in [5, 5.41) is 20.5. The molecule has 3 heterocycles. The topological polar surface area (TPSA) is 297 Å². The maximum Gasteiger partial charge on any atom is 0.362 e. The number of carboxylic acids is 1. The van der Waals surface area contributed by atoms with Crippen LogP contribution in [-0.4, -0.2) is 89.3 Å². The number of anilines is 1. The Labute approximate surface area is 218 Å². The number of hydrogen-bond acceptors (Lipinski definition) is 13. The minimum atomic E-state index is -5.03. The molecule has 2 amide bonds. The van der Waals surface area contributed by atoms with Gasteiger partial charge in [0.15, 0.2) is 16.8 Å². The highest BCUT2D eigenvalue weighted by Crippen LogP contribution is 2.26. The minimum Gasteiger partial charge on any atom is -0.478 e. The Balaban J connectivity index is 1.90. The first-order valence-electron chi connectivity index (χ1n) is 10.4. The van der Waals surface area contributed by atoms with Gasteiger partial charge in [0, 0.05) is 5.38 Å². The Bertz CT molecular complexity index is 1410. The molecule has 2 atom stereocenters. The van der Waals surface area contributed by atoms with Crippen molar-refractivity contribution in [1.29, 1.82) is 0 Å². The molecule has 0 saturated carbocycles. The number of nitrogens with one attached hydrogen (secondary N) is 1. The Hall–Kier alpha value is -4.37. The van der Waals surface area contributed by atoms with Crippen molar-refractivity contribution >= 4 is 56.2 Å². The number of nitrogens with two attached hydrogens (primary N) is 3. The van der Waals surface area contributed by atoms with Gasteiger partial charge in [-0.2, -0.15) is 13.5 Å². The first-order valence-corrected chi connectivity index (χ1v) is 12.6. The fourth-order valence-corrected chi connectivity index (χ4v) is 4.47.